The summed E-state index contributed by atoms with van der Waals surface area (Å²) in [5.74, 6) is 0.467. The quantitative estimate of drug-likeness (QED) is 0.687. The Kier molecular flexibility index (Phi) is 5.49. The van der Waals surface area contributed by atoms with Crippen LogP contribution >= 0.6 is 0 Å². The van der Waals surface area contributed by atoms with Gasteiger partial charge in [0.05, 0.1) is 6.61 Å². The molecule has 5 heteroatoms. The SMILES string of the molecule is C/C=C\Cc1cc(=O)n(C)cc1-c1ccc2c(c1)COC1(CCN(C3CCC3)CC1)O2. The van der Waals surface area contributed by atoms with Gasteiger partial charge in [0, 0.05) is 62.4 Å². The van der Waals surface area contributed by atoms with Crippen LogP contribution in [-0.4, -0.2) is 34.4 Å². The average molecular weight is 421 g/mol. The molecule has 0 atom stereocenters. The van der Waals surface area contributed by atoms with Gasteiger partial charge in [-0.2, -0.15) is 0 Å². The summed E-state index contributed by atoms with van der Waals surface area (Å²) in [4.78, 5) is 14.8. The Morgan fingerprint density at radius 2 is 2.00 bits per heavy atom. The number of ether oxygens (including phenoxy) is 2. The number of piperidine rings is 1. The second-order valence-electron chi connectivity index (χ2n) is 9.18. The van der Waals surface area contributed by atoms with Gasteiger partial charge in [-0.15, -0.1) is 0 Å². The van der Waals surface area contributed by atoms with E-state index in [0.717, 1.165) is 66.4 Å². The fourth-order valence-electron chi connectivity index (χ4n) is 4.97. The standard InChI is InChI=1S/C26H32N2O3/c1-3-4-6-19-16-25(29)27(2)17-23(19)20-9-10-24-21(15-20)18-30-26(31-24)11-13-28(14-12-26)22-7-5-8-22/h3-4,9-10,15-17,22H,5-8,11-14,18H2,1-2H3/b4-3-. The molecule has 31 heavy (non-hydrogen) atoms. The van der Waals surface area contributed by atoms with Gasteiger partial charge in [0.25, 0.3) is 5.56 Å². The van der Waals surface area contributed by atoms with Crippen LogP contribution in [0.5, 0.6) is 5.75 Å². The van der Waals surface area contributed by atoms with E-state index < -0.39 is 5.79 Å². The van der Waals surface area contributed by atoms with E-state index in [2.05, 4.69) is 29.2 Å². The number of likely N-dealkylation sites (tertiary alicyclic amines) is 1. The van der Waals surface area contributed by atoms with Crippen LogP contribution in [0, 0.1) is 0 Å². The maximum Gasteiger partial charge on any atom is 0.250 e. The summed E-state index contributed by atoms with van der Waals surface area (Å²) < 4.78 is 14.4. The lowest BCUT2D eigenvalue weighted by atomic mass is 9.89. The highest BCUT2D eigenvalue weighted by molar-refractivity contribution is 5.69. The van der Waals surface area contributed by atoms with Crippen LogP contribution in [0.4, 0.5) is 0 Å². The number of rotatable bonds is 4. The van der Waals surface area contributed by atoms with Gasteiger partial charge in [0.2, 0.25) is 5.79 Å². The minimum absolute atomic E-state index is 0.0167. The largest absolute Gasteiger partial charge is 0.462 e. The molecule has 1 aliphatic carbocycles. The molecule has 0 bridgehead atoms. The molecule has 0 radical (unpaired) electrons. The normalized spacial score (nSPS) is 21.1. The van der Waals surface area contributed by atoms with Gasteiger partial charge < -0.3 is 14.0 Å². The van der Waals surface area contributed by atoms with E-state index >= 15 is 0 Å². The number of benzene rings is 1. The van der Waals surface area contributed by atoms with Crippen molar-refractivity contribution >= 4 is 0 Å². The van der Waals surface area contributed by atoms with Crippen molar-refractivity contribution in [3.63, 3.8) is 0 Å². The molecule has 1 aromatic carbocycles. The molecule has 2 aromatic rings. The Balaban J connectivity index is 1.37. The van der Waals surface area contributed by atoms with Gasteiger partial charge in [-0.1, -0.05) is 24.6 Å². The molecule has 5 nitrogen and oxygen atoms in total. The Morgan fingerprint density at radius 3 is 2.71 bits per heavy atom. The van der Waals surface area contributed by atoms with E-state index in [1.807, 2.05) is 19.2 Å². The lowest BCUT2D eigenvalue weighted by Gasteiger charge is -2.47. The summed E-state index contributed by atoms with van der Waals surface area (Å²) in [6.07, 6.45) is 12.7. The monoisotopic (exact) mass is 420 g/mol. The molecule has 5 rings (SSSR count). The van der Waals surface area contributed by atoms with Gasteiger partial charge in [-0.25, -0.2) is 0 Å². The Bertz CT molecular complexity index is 1040. The van der Waals surface area contributed by atoms with Crippen LogP contribution in [0.1, 0.15) is 50.2 Å². The second-order valence-corrected chi connectivity index (χ2v) is 9.18. The van der Waals surface area contributed by atoms with Crippen molar-refractivity contribution in [3.05, 3.63) is 64.1 Å². The van der Waals surface area contributed by atoms with Crippen LogP contribution in [0.15, 0.2) is 47.4 Å². The number of nitrogens with zero attached hydrogens (tertiary/aromatic N) is 2. The summed E-state index contributed by atoms with van der Waals surface area (Å²) in [6, 6.07) is 8.88. The van der Waals surface area contributed by atoms with E-state index in [4.69, 9.17) is 9.47 Å². The van der Waals surface area contributed by atoms with Crippen molar-refractivity contribution in [3.8, 4) is 16.9 Å². The molecule has 1 aromatic heterocycles. The summed E-state index contributed by atoms with van der Waals surface area (Å²) in [5.41, 5.74) is 4.31. The lowest BCUT2D eigenvalue weighted by molar-refractivity contribution is -0.231. The van der Waals surface area contributed by atoms with Crippen molar-refractivity contribution in [2.24, 2.45) is 7.05 Å². The second kappa shape index (κ2) is 8.29. The van der Waals surface area contributed by atoms with E-state index in [-0.39, 0.29) is 5.56 Å². The number of aromatic nitrogens is 1. The topological polar surface area (TPSA) is 43.7 Å². The molecule has 2 fully saturated rings. The molecular formula is C26H32N2O3. The molecule has 1 saturated carbocycles. The van der Waals surface area contributed by atoms with Crippen molar-refractivity contribution in [1.29, 1.82) is 0 Å². The van der Waals surface area contributed by atoms with Crippen LogP contribution < -0.4 is 10.3 Å². The number of allylic oxidation sites excluding steroid dienone is 2. The van der Waals surface area contributed by atoms with E-state index in [9.17, 15) is 4.79 Å². The van der Waals surface area contributed by atoms with Crippen LogP contribution in [0.3, 0.4) is 0 Å². The average Bonchev–Trinajstić information content (AvgIpc) is 2.74. The molecule has 2 aliphatic heterocycles. The number of fused-ring (bicyclic) bond motifs is 1. The first-order chi connectivity index (χ1) is 15.1. The van der Waals surface area contributed by atoms with E-state index in [1.54, 1.807) is 17.7 Å². The summed E-state index contributed by atoms with van der Waals surface area (Å²) in [6.45, 7) is 4.69. The van der Waals surface area contributed by atoms with Gasteiger partial charge >= 0.3 is 0 Å². The first kappa shape index (κ1) is 20.5. The Morgan fingerprint density at radius 1 is 1.19 bits per heavy atom. The van der Waals surface area contributed by atoms with Crippen LogP contribution in [-0.2, 0) is 24.8 Å². The van der Waals surface area contributed by atoms with Gasteiger partial charge in [-0.05, 0) is 49.4 Å². The predicted octanol–water partition coefficient (Wildman–Crippen LogP) is 4.42. The van der Waals surface area contributed by atoms with Gasteiger partial charge in [-0.3, -0.25) is 9.69 Å². The van der Waals surface area contributed by atoms with Gasteiger partial charge in [0.1, 0.15) is 5.75 Å². The third-order valence-electron chi connectivity index (χ3n) is 7.20. The molecule has 1 spiro atoms. The van der Waals surface area contributed by atoms with E-state index in [1.165, 1.54) is 19.3 Å². The third kappa shape index (κ3) is 3.97. The predicted molar refractivity (Wildman–Crippen MR) is 122 cm³/mol. The van der Waals surface area contributed by atoms with E-state index in [0.29, 0.717) is 6.61 Å². The summed E-state index contributed by atoms with van der Waals surface area (Å²) >= 11 is 0. The highest BCUT2D eigenvalue weighted by Gasteiger charge is 2.42. The van der Waals surface area contributed by atoms with Crippen molar-refractivity contribution in [2.75, 3.05) is 13.1 Å². The van der Waals surface area contributed by atoms with Crippen LogP contribution in [0.2, 0.25) is 0 Å². The molecular weight excluding hydrogens is 388 g/mol. The molecule has 164 valence electrons. The highest BCUT2D eigenvalue weighted by atomic mass is 16.7. The fraction of sp³-hybridized carbons (Fsp3) is 0.500. The van der Waals surface area contributed by atoms with Gasteiger partial charge in [0.15, 0.2) is 0 Å². The van der Waals surface area contributed by atoms with Crippen molar-refractivity contribution in [2.45, 2.75) is 63.9 Å². The minimum Gasteiger partial charge on any atom is -0.462 e. The molecule has 3 aliphatic rings. The molecule has 3 heterocycles. The zero-order chi connectivity index (χ0) is 21.4. The van der Waals surface area contributed by atoms with Crippen molar-refractivity contribution in [1.82, 2.24) is 9.47 Å². The number of hydrogen-bond donors (Lipinski definition) is 0. The fourth-order valence-corrected chi connectivity index (χ4v) is 4.97. The molecule has 0 amide bonds. The smallest absolute Gasteiger partial charge is 0.250 e. The molecule has 0 unspecified atom stereocenters. The van der Waals surface area contributed by atoms with Crippen LogP contribution in [0.25, 0.3) is 11.1 Å². The number of pyridine rings is 1. The summed E-state index contributed by atoms with van der Waals surface area (Å²) in [5, 5.41) is 0. The summed E-state index contributed by atoms with van der Waals surface area (Å²) in [7, 11) is 1.80. The first-order valence-corrected chi connectivity index (χ1v) is 11.6. The first-order valence-electron chi connectivity index (χ1n) is 11.6. The maximum absolute atomic E-state index is 12.2. The molecule has 1 saturated heterocycles. The third-order valence-corrected chi connectivity index (χ3v) is 7.20. The minimum atomic E-state index is -0.470. The zero-order valence-corrected chi connectivity index (χ0v) is 18.6. The zero-order valence-electron chi connectivity index (χ0n) is 18.6. The van der Waals surface area contributed by atoms with Crippen molar-refractivity contribution < 1.29 is 9.47 Å². The number of hydrogen-bond acceptors (Lipinski definition) is 4. The maximum atomic E-state index is 12.2. The lowest BCUT2D eigenvalue weighted by Crippen LogP contribution is -2.54. The molecule has 0 N–H and O–H groups in total. The Labute approximate surface area is 184 Å². The highest BCUT2D eigenvalue weighted by Crippen LogP contribution is 2.40. The Hall–Kier alpha value is -2.37. The number of aryl methyl sites for hydroxylation is 1.